The summed E-state index contributed by atoms with van der Waals surface area (Å²) in [5.41, 5.74) is 0.671. The molecule has 1 aromatic carbocycles. The molecule has 0 heterocycles. The molecule has 3 heteroatoms. The summed E-state index contributed by atoms with van der Waals surface area (Å²) >= 11 is 0. The topological polar surface area (TPSA) is 56.8 Å². The molecule has 78 valence electrons. The van der Waals surface area contributed by atoms with Crippen LogP contribution in [-0.4, -0.2) is 7.11 Å². The van der Waals surface area contributed by atoms with E-state index in [0.29, 0.717) is 11.3 Å². The van der Waals surface area contributed by atoms with E-state index in [2.05, 4.69) is 0 Å². The second-order valence-electron chi connectivity index (χ2n) is 2.47. The van der Waals surface area contributed by atoms with Gasteiger partial charge in [-0.05, 0) is 17.7 Å². The maximum absolute atomic E-state index is 8.63. The Balaban J connectivity index is 0.000000921. The van der Waals surface area contributed by atoms with E-state index in [1.807, 2.05) is 26.0 Å². The van der Waals surface area contributed by atoms with Crippen molar-refractivity contribution >= 4 is 0 Å². The highest BCUT2D eigenvalue weighted by Gasteiger charge is 2.08. The maximum Gasteiger partial charge on any atom is 0.158 e. The number of nitrogens with zero attached hydrogens (tertiary/aromatic N) is 2. The van der Waals surface area contributed by atoms with Crippen LogP contribution in [0.15, 0.2) is 24.3 Å². The van der Waals surface area contributed by atoms with Crippen LogP contribution in [0.1, 0.15) is 25.3 Å². The summed E-state index contributed by atoms with van der Waals surface area (Å²) in [4.78, 5) is 0. The van der Waals surface area contributed by atoms with Gasteiger partial charge < -0.3 is 4.74 Å². The average molecular weight is 202 g/mol. The fourth-order valence-corrected chi connectivity index (χ4v) is 0.999. The van der Waals surface area contributed by atoms with Gasteiger partial charge in [-0.3, -0.25) is 0 Å². The molecular weight excluding hydrogens is 188 g/mol. The summed E-state index contributed by atoms with van der Waals surface area (Å²) in [5.74, 6) is -0.0527. The SMILES string of the molecule is CC.COc1cccc(C(C#N)C#N)c1. The predicted molar refractivity (Wildman–Crippen MR) is 58.3 cm³/mol. The molecule has 0 amide bonds. The molecule has 0 N–H and O–H groups in total. The lowest BCUT2D eigenvalue weighted by molar-refractivity contribution is 0.414. The summed E-state index contributed by atoms with van der Waals surface area (Å²) in [6.07, 6.45) is 0. The molecule has 1 aromatic rings. The van der Waals surface area contributed by atoms with Crippen molar-refractivity contribution in [1.29, 1.82) is 10.5 Å². The molecule has 0 atom stereocenters. The van der Waals surface area contributed by atoms with Gasteiger partial charge in [-0.1, -0.05) is 26.0 Å². The Hall–Kier alpha value is -2.00. The maximum atomic E-state index is 8.63. The smallest absolute Gasteiger partial charge is 0.158 e. The van der Waals surface area contributed by atoms with Gasteiger partial charge in [-0.15, -0.1) is 0 Å². The van der Waals surface area contributed by atoms with E-state index in [-0.39, 0.29) is 0 Å². The van der Waals surface area contributed by atoms with E-state index in [0.717, 1.165) is 0 Å². The number of hydrogen-bond donors (Lipinski definition) is 0. The number of rotatable bonds is 2. The van der Waals surface area contributed by atoms with Crippen molar-refractivity contribution in [3.8, 4) is 17.9 Å². The van der Waals surface area contributed by atoms with Crippen LogP contribution in [0, 0.1) is 22.7 Å². The third kappa shape index (κ3) is 3.70. The fourth-order valence-electron chi connectivity index (χ4n) is 0.999. The monoisotopic (exact) mass is 202 g/mol. The van der Waals surface area contributed by atoms with E-state index < -0.39 is 5.92 Å². The predicted octanol–water partition coefficient (Wildman–Crippen LogP) is 2.85. The molecule has 0 radical (unpaired) electrons. The summed E-state index contributed by atoms with van der Waals surface area (Å²) in [6, 6.07) is 10.8. The van der Waals surface area contributed by atoms with Gasteiger partial charge in [0, 0.05) is 0 Å². The standard InChI is InChI=1S/C10H8N2O.C2H6/c1-13-10-4-2-3-8(5-10)9(6-11)7-12;1-2/h2-5,9H,1H3;1-2H3. The van der Waals surface area contributed by atoms with Crippen molar-refractivity contribution in [3.63, 3.8) is 0 Å². The molecular formula is C12H14N2O. The molecule has 0 saturated heterocycles. The molecule has 0 unspecified atom stereocenters. The second kappa shape index (κ2) is 7.41. The summed E-state index contributed by atoms with van der Waals surface area (Å²) in [7, 11) is 1.55. The van der Waals surface area contributed by atoms with Crippen molar-refractivity contribution in [3.05, 3.63) is 29.8 Å². The van der Waals surface area contributed by atoms with Crippen molar-refractivity contribution in [2.24, 2.45) is 0 Å². The Morgan fingerprint density at radius 3 is 2.27 bits per heavy atom. The minimum Gasteiger partial charge on any atom is -0.497 e. The first kappa shape index (κ1) is 13.0. The Morgan fingerprint density at radius 1 is 1.20 bits per heavy atom. The molecule has 0 aliphatic rings. The zero-order valence-electron chi connectivity index (χ0n) is 9.19. The van der Waals surface area contributed by atoms with E-state index in [9.17, 15) is 0 Å². The van der Waals surface area contributed by atoms with E-state index in [4.69, 9.17) is 15.3 Å². The highest BCUT2D eigenvalue weighted by atomic mass is 16.5. The molecule has 0 aromatic heterocycles. The Bertz CT molecular complexity index is 360. The lowest BCUT2D eigenvalue weighted by Crippen LogP contribution is -1.92. The average Bonchev–Trinajstić information content (AvgIpc) is 2.33. The lowest BCUT2D eigenvalue weighted by atomic mass is 10.0. The van der Waals surface area contributed by atoms with Gasteiger partial charge in [-0.25, -0.2) is 0 Å². The largest absolute Gasteiger partial charge is 0.497 e. The van der Waals surface area contributed by atoms with Gasteiger partial charge in [0.2, 0.25) is 0 Å². The number of ether oxygens (including phenoxy) is 1. The third-order valence-corrected chi connectivity index (χ3v) is 1.69. The zero-order valence-corrected chi connectivity index (χ0v) is 9.19. The quantitative estimate of drug-likeness (QED) is 0.740. The van der Waals surface area contributed by atoms with Crippen molar-refractivity contribution < 1.29 is 4.74 Å². The van der Waals surface area contributed by atoms with E-state index in [1.165, 1.54) is 0 Å². The first-order valence-corrected chi connectivity index (χ1v) is 4.75. The van der Waals surface area contributed by atoms with E-state index >= 15 is 0 Å². The van der Waals surface area contributed by atoms with Crippen LogP contribution in [-0.2, 0) is 0 Å². The second-order valence-corrected chi connectivity index (χ2v) is 2.47. The van der Waals surface area contributed by atoms with Gasteiger partial charge in [-0.2, -0.15) is 10.5 Å². The normalized spacial score (nSPS) is 8.13. The van der Waals surface area contributed by atoms with Crippen LogP contribution in [0.3, 0.4) is 0 Å². The molecule has 0 saturated carbocycles. The first-order chi connectivity index (χ1) is 7.31. The van der Waals surface area contributed by atoms with Crippen LogP contribution >= 0.6 is 0 Å². The molecule has 0 spiro atoms. The molecule has 15 heavy (non-hydrogen) atoms. The minimum absolute atomic E-state index is 0.660. The lowest BCUT2D eigenvalue weighted by Gasteiger charge is -2.03. The summed E-state index contributed by atoms with van der Waals surface area (Å²) in [5, 5.41) is 17.3. The van der Waals surface area contributed by atoms with Crippen molar-refractivity contribution in [1.82, 2.24) is 0 Å². The number of benzene rings is 1. The number of nitriles is 2. The van der Waals surface area contributed by atoms with Gasteiger partial charge in [0.25, 0.3) is 0 Å². The van der Waals surface area contributed by atoms with Crippen molar-refractivity contribution in [2.45, 2.75) is 19.8 Å². The Labute approximate surface area is 90.5 Å². The van der Waals surface area contributed by atoms with E-state index in [1.54, 1.807) is 31.4 Å². The molecule has 0 aliphatic carbocycles. The zero-order chi connectivity index (χ0) is 11.7. The van der Waals surface area contributed by atoms with Crippen LogP contribution in [0.2, 0.25) is 0 Å². The Kier molecular flexibility index (Phi) is 6.42. The van der Waals surface area contributed by atoms with Crippen molar-refractivity contribution in [2.75, 3.05) is 7.11 Å². The highest BCUT2D eigenvalue weighted by molar-refractivity contribution is 5.36. The Morgan fingerprint density at radius 2 is 1.80 bits per heavy atom. The third-order valence-electron chi connectivity index (χ3n) is 1.69. The fraction of sp³-hybridized carbons (Fsp3) is 0.333. The van der Waals surface area contributed by atoms with Gasteiger partial charge >= 0.3 is 0 Å². The van der Waals surface area contributed by atoms with Crippen LogP contribution in [0.25, 0.3) is 0 Å². The minimum atomic E-state index is -0.713. The summed E-state index contributed by atoms with van der Waals surface area (Å²) in [6.45, 7) is 4.00. The summed E-state index contributed by atoms with van der Waals surface area (Å²) < 4.78 is 4.98. The van der Waals surface area contributed by atoms with Gasteiger partial charge in [0.15, 0.2) is 5.92 Å². The van der Waals surface area contributed by atoms with Crippen LogP contribution in [0.4, 0.5) is 0 Å². The van der Waals surface area contributed by atoms with Gasteiger partial charge in [0.05, 0.1) is 19.2 Å². The van der Waals surface area contributed by atoms with Crippen LogP contribution < -0.4 is 4.74 Å². The first-order valence-electron chi connectivity index (χ1n) is 4.75. The molecule has 0 fully saturated rings. The molecule has 3 nitrogen and oxygen atoms in total. The van der Waals surface area contributed by atoms with Gasteiger partial charge in [0.1, 0.15) is 5.75 Å². The molecule has 1 rings (SSSR count). The number of hydrogen-bond acceptors (Lipinski definition) is 3. The molecule has 0 bridgehead atoms. The van der Waals surface area contributed by atoms with Crippen LogP contribution in [0.5, 0.6) is 5.75 Å². The number of methoxy groups -OCH3 is 1. The molecule has 0 aliphatic heterocycles. The highest BCUT2D eigenvalue weighted by Crippen LogP contribution is 2.19.